The highest BCUT2D eigenvalue weighted by Crippen LogP contribution is 2.27. The number of nitrogens with one attached hydrogen (secondary N) is 1. The fourth-order valence-corrected chi connectivity index (χ4v) is 1.91. The molecule has 19 heavy (non-hydrogen) atoms. The van der Waals surface area contributed by atoms with E-state index in [4.69, 9.17) is 0 Å². The second-order valence-electron chi connectivity index (χ2n) is 4.64. The van der Waals surface area contributed by atoms with Crippen LogP contribution in [0.25, 0.3) is 0 Å². The van der Waals surface area contributed by atoms with E-state index in [1.165, 1.54) is 23.1 Å². The summed E-state index contributed by atoms with van der Waals surface area (Å²) in [5.74, 6) is -0.454. The molecule has 108 valence electrons. The van der Waals surface area contributed by atoms with Crippen LogP contribution in [-0.4, -0.2) is 25.8 Å². The Balaban J connectivity index is 3.14. The molecule has 0 fully saturated rings. The predicted molar refractivity (Wildman–Crippen MR) is 67.7 cm³/mol. The van der Waals surface area contributed by atoms with Gasteiger partial charge in [0.15, 0.2) is 0 Å². The van der Waals surface area contributed by atoms with Gasteiger partial charge in [0, 0.05) is 18.3 Å². The Hall–Kier alpha value is -1.30. The smallest absolute Gasteiger partial charge is 0.360 e. The van der Waals surface area contributed by atoms with Gasteiger partial charge in [-0.2, -0.15) is 13.2 Å². The van der Waals surface area contributed by atoms with Gasteiger partial charge in [-0.05, 0) is 44.7 Å². The third-order valence-corrected chi connectivity index (χ3v) is 2.69. The first-order valence-corrected chi connectivity index (χ1v) is 6.01. The molecule has 1 aromatic carbocycles. The number of rotatable bonds is 5. The normalized spacial score (nSPS) is 12.0. The van der Waals surface area contributed by atoms with E-state index < -0.39 is 18.5 Å². The molecule has 2 nitrogen and oxygen atoms in total. The topological polar surface area (TPSA) is 15.3 Å². The fraction of sp³-hybridized carbons (Fsp3) is 0.538. The molecule has 1 rings (SSSR count). The van der Waals surface area contributed by atoms with Crippen LogP contribution in [0.2, 0.25) is 0 Å². The minimum atomic E-state index is -4.30. The van der Waals surface area contributed by atoms with Crippen LogP contribution in [-0.2, 0) is 6.54 Å². The molecule has 0 aliphatic carbocycles. The highest BCUT2D eigenvalue weighted by Gasteiger charge is 2.32. The Bertz CT molecular complexity index is 416. The molecule has 0 bridgehead atoms. The van der Waals surface area contributed by atoms with Gasteiger partial charge in [-0.15, -0.1) is 0 Å². The third-order valence-electron chi connectivity index (χ3n) is 2.69. The Morgan fingerprint density at radius 1 is 1.26 bits per heavy atom. The SMILES string of the molecule is CNCc1cc(F)ccc1N(CC(F)(F)F)C(C)C. The lowest BCUT2D eigenvalue weighted by molar-refractivity contribution is -0.120. The zero-order chi connectivity index (χ0) is 14.6. The average Bonchev–Trinajstić information content (AvgIpc) is 2.25. The highest BCUT2D eigenvalue weighted by molar-refractivity contribution is 5.54. The summed E-state index contributed by atoms with van der Waals surface area (Å²) in [4.78, 5) is 1.23. The van der Waals surface area contributed by atoms with Crippen LogP contribution >= 0.6 is 0 Å². The third kappa shape index (κ3) is 4.70. The van der Waals surface area contributed by atoms with Crippen molar-refractivity contribution in [2.75, 3.05) is 18.5 Å². The van der Waals surface area contributed by atoms with Gasteiger partial charge in [0.2, 0.25) is 0 Å². The van der Waals surface area contributed by atoms with E-state index >= 15 is 0 Å². The molecule has 0 spiro atoms. The van der Waals surface area contributed by atoms with E-state index in [0.29, 0.717) is 17.8 Å². The standard InChI is InChI=1S/C13H18F4N2/c1-9(2)19(8-13(15,16)17)12-5-4-11(14)6-10(12)7-18-3/h4-6,9,18H,7-8H2,1-3H3. The molecule has 0 amide bonds. The molecule has 0 saturated heterocycles. The molecular weight excluding hydrogens is 260 g/mol. The van der Waals surface area contributed by atoms with Crippen molar-refractivity contribution in [1.82, 2.24) is 5.32 Å². The zero-order valence-corrected chi connectivity index (χ0v) is 11.2. The lowest BCUT2D eigenvalue weighted by Crippen LogP contribution is -2.39. The fourth-order valence-electron chi connectivity index (χ4n) is 1.91. The average molecular weight is 278 g/mol. The van der Waals surface area contributed by atoms with Crippen molar-refractivity contribution >= 4 is 5.69 Å². The van der Waals surface area contributed by atoms with Crippen molar-refractivity contribution in [1.29, 1.82) is 0 Å². The molecule has 0 radical (unpaired) electrons. The maximum Gasteiger partial charge on any atom is 0.405 e. The number of halogens is 4. The van der Waals surface area contributed by atoms with Crippen molar-refractivity contribution in [2.24, 2.45) is 0 Å². The summed E-state index contributed by atoms with van der Waals surface area (Å²) in [7, 11) is 1.66. The molecular formula is C13H18F4N2. The van der Waals surface area contributed by atoms with E-state index in [1.807, 2.05) is 0 Å². The van der Waals surface area contributed by atoms with Gasteiger partial charge in [0.1, 0.15) is 12.4 Å². The summed E-state index contributed by atoms with van der Waals surface area (Å²) < 4.78 is 51.1. The second kappa shape index (κ2) is 6.23. The summed E-state index contributed by atoms with van der Waals surface area (Å²) in [6, 6.07) is 3.51. The van der Waals surface area contributed by atoms with Crippen molar-refractivity contribution in [3.05, 3.63) is 29.6 Å². The van der Waals surface area contributed by atoms with Gasteiger partial charge in [0.25, 0.3) is 0 Å². The van der Waals surface area contributed by atoms with Gasteiger partial charge < -0.3 is 10.2 Å². The van der Waals surface area contributed by atoms with Crippen molar-refractivity contribution in [3.8, 4) is 0 Å². The minimum Gasteiger partial charge on any atom is -0.360 e. The zero-order valence-electron chi connectivity index (χ0n) is 11.2. The highest BCUT2D eigenvalue weighted by atomic mass is 19.4. The first-order chi connectivity index (χ1) is 8.74. The van der Waals surface area contributed by atoms with Crippen molar-refractivity contribution < 1.29 is 17.6 Å². The van der Waals surface area contributed by atoms with Gasteiger partial charge in [0.05, 0.1) is 0 Å². The molecule has 0 atom stereocenters. The Kier molecular flexibility index (Phi) is 5.17. The number of hydrogen-bond acceptors (Lipinski definition) is 2. The van der Waals surface area contributed by atoms with Crippen LogP contribution in [0.3, 0.4) is 0 Å². The van der Waals surface area contributed by atoms with Crippen LogP contribution in [0.1, 0.15) is 19.4 Å². The van der Waals surface area contributed by atoms with Crippen LogP contribution in [0, 0.1) is 5.82 Å². The lowest BCUT2D eigenvalue weighted by Gasteiger charge is -2.31. The molecule has 0 heterocycles. The molecule has 0 saturated carbocycles. The first-order valence-electron chi connectivity index (χ1n) is 6.01. The van der Waals surface area contributed by atoms with E-state index in [2.05, 4.69) is 5.32 Å². The van der Waals surface area contributed by atoms with Crippen molar-refractivity contribution in [2.45, 2.75) is 32.6 Å². The maximum absolute atomic E-state index is 13.2. The number of benzene rings is 1. The Morgan fingerprint density at radius 3 is 2.37 bits per heavy atom. The Labute approximate surface area is 110 Å². The van der Waals surface area contributed by atoms with Crippen LogP contribution < -0.4 is 10.2 Å². The van der Waals surface area contributed by atoms with E-state index in [0.717, 1.165) is 0 Å². The first kappa shape index (κ1) is 15.8. The summed E-state index contributed by atoms with van der Waals surface area (Å²) in [6.45, 7) is 2.62. The van der Waals surface area contributed by atoms with E-state index in [9.17, 15) is 17.6 Å². The van der Waals surface area contributed by atoms with Gasteiger partial charge in [-0.25, -0.2) is 4.39 Å². The summed E-state index contributed by atoms with van der Waals surface area (Å²) in [6.07, 6.45) is -4.30. The van der Waals surface area contributed by atoms with Crippen LogP contribution in [0.4, 0.5) is 23.2 Å². The van der Waals surface area contributed by atoms with Crippen molar-refractivity contribution in [3.63, 3.8) is 0 Å². The number of anilines is 1. The van der Waals surface area contributed by atoms with Gasteiger partial charge in [-0.3, -0.25) is 0 Å². The molecule has 1 aromatic rings. The van der Waals surface area contributed by atoms with E-state index in [-0.39, 0.29) is 6.04 Å². The molecule has 0 aliphatic heterocycles. The summed E-state index contributed by atoms with van der Waals surface area (Å²) in [5, 5.41) is 2.83. The minimum absolute atomic E-state index is 0.314. The van der Waals surface area contributed by atoms with Gasteiger partial charge in [-0.1, -0.05) is 0 Å². The van der Waals surface area contributed by atoms with E-state index in [1.54, 1.807) is 20.9 Å². The molecule has 0 aliphatic rings. The number of nitrogens with zero attached hydrogens (tertiary/aromatic N) is 1. The monoisotopic (exact) mass is 278 g/mol. The largest absolute Gasteiger partial charge is 0.405 e. The van der Waals surface area contributed by atoms with Crippen LogP contribution in [0.5, 0.6) is 0 Å². The van der Waals surface area contributed by atoms with Crippen LogP contribution in [0.15, 0.2) is 18.2 Å². The number of alkyl halides is 3. The summed E-state index contributed by atoms with van der Waals surface area (Å²) in [5.41, 5.74) is 0.920. The number of hydrogen-bond donors (Lipinski definition) is 1. The summed E-state index contributed by atoms with van der Waals surface area (Å²) >= 11 is 0. The lowest BCUT2D eigenvalue weighted by atomic mass is 10.1. The quantitative estimate of drug-likeness (QED) is 0.831. The Morgan fingerprint density at radius 2 is 1.89 bits per heavy atom. The molecule has 0 aromatic heterocycles. The van der Waals surface area contributed by atoms with Gasteiger partial charge >= 0.3 is 6.18 Å². The second-order valence-corrected chi connectivity index (χ2v) is 4.64. The molecule has 0 unspecified atom stereocenters. The predicted octanol–water partition coefficient (Wildman–Crippen LogP) is 3.32. The molecule has 1 N–H and O–H groups in total. The maximum atomic E-state index is 13.2. The molecule has 6 heteroatoms.